The van der Waals surface area contributed by atoms with E-state index in [1.807, 2.05) is 17.5 Å². The van der Waals surface area contributed by atoms with Crippen LogP contribution in [0.4, 0.5) is 5.69 Å². The molecule has 0 unspecified atom stereocenters. The van der Waals surface area contributed by atoms with Gasteiger partial charge in [-0.1, -0.05) is 29.4 Å². The Kier molecular flexibility index (Phi) is 6.91. The van der Waals surface area contributed by atoms with E-state index in [1.165, 1.54) is 17.4 Å². The second-order valence-electron chi connectivity index (χ2n) is 6.13. The molecule has 0 fully saturated rings. The Morgan fingerprint density at radius 1 is 1.24 bits per heavy atom. The molecular formula is C19H20N4O4S2. The maximum atomic E-state index is 12.1. The molecule has 0 atom stereocenters. The number of carbonyl (C=O) groups excluding carboxylic acids is 1. The molecule has 29 heavy (non-hydrogen) atoms. The minimum atomic E-state index is -3.42. The third kappa shape index (κ3) is 6.34. The summed E-state index contributed by atoms with van der Waals surface area (Å²) < 4.78 is 31.3. The van der Waals surface area contributed by atoms with Crippen LogP contribution in [0.3, 0.4) is 0 Å². The van der Waals surface area contributed by atoms with E-state index < -0.39 is 10.0 Å². The Balaban J connectivity index is 1.49. The molecule has 3 aromatic rings. The van der Waals surface area contributed by atoms with Gasteiger partial charge >= 0.3 is 0 Å². The fraction of sp³-hybridized carbons (Fsp3) is 0.211. The standard InChI is InChI=1S/C19H20N4O4S2/c1-2-11-20-29(25,26)13-14-5-7-15(8-6-14)21-17(24)9-10-18-22-19(23-27-18)16-4-3-12-28-16/h2-8,12,20H,1,9-11,13H2,(H,21,24). The number of nitrogens with one attached hydrogen (secondary N) is 2. The van der Waals surface area contributed by atoms with E-state index in [2.05, 4.69) is 26.8 Å². The zero-order chi connectivity index (χ0) is 20.7. The number of aryl methyl sites for hydroxylation is 1. The van der Waals surface area contributed by atoms with Crippen LogP contribution in [0.5, 0.6) is 0 Å². The van der Waals surface area contributed by atoms with E-state index in [-0.39, 0.29) is 24.6 Å². The van der Waals surface area contributed by atoms with E-state index in [0.717, 1.165) is 4.88 Å². The minimum Gasteiger partial charge on any atom is -0.339 e. The topological polar surface area (TPSA) is 114 Å². The fourth-order valence-electron chi connectivity index (χ4n) is 2.45. The van der Waals surface area contributed by atoms with Crippen molar-refractivity contribution in [1.82, 2.24) is 14.9 Å². The molecular weight excluding hydrogens is 412 g/mol. The summed E-state index contributed by atoms with van der Waals surface area (Å²) >= 11 is 1.51. The summed E-state index contributed by atoms with van der Waals surface area (Å²) in [5.41, 5.74) is 1.20. The summed E-state index contributed by atoms with van der Waals surface area (Å²) in [6.45, 7) is 3.66. The Morgan fingerprint density at radius 2 is 2.03 bits per heavy atom. The Morgan fingerprint density at radius 3 is 2.72 bits per heavy atom. The summed E-state index contributed by atoms with van der Waals surface area (Å²) in [5, 5.41) is 8.60. The van der Waals surface area contributed by atoms with Crippen LogP contribution < -0.4 is 10.0 Å². The molecule has 10 heteroatoms. The molecule has 0 bridgehead atoms. The smallest absolute Gasteiger partial charge is 0.227 e. The number of hydrogen-bond donors (Lipinski definition) is 2. The highest BCUT2D eigenvalue weighted by Gasteiger charge is 2.12. The number of rotatable bonds is 10. The SMILES string of the molecule is C=CCNS(=O)(=O)Cc1ccc(NC(=O)CCc2nc(-c3cccs3)no2)cc1. The van der Waals surface area contributed by atoms with Crippen molar-refractivity contribution in [3.8, 4) is 10.7 Å². The Bertz CT molecular complexity index is 1060. The molecule has 0 aliphatic rings. The lowest BCUT2D eigenvalue weighted by atomic mass is 10.2. The molecule has 0 aliphatic heterocycles. The van der Waals surface area contributed by atoms with Crippen LogP contribution in [0, 0.1) is 0 Å². The molecule has 0 radical (unpaired) electrons. The predicted molar refractivity (Wildman–Crippen MR) is 112 cm³/mol. The van der Waals surface area contributed by atoms with Gasteiger partial charge < -0.3 is 9.84 Å². The first-order valence-corrected chi connectivity index (χ1v) is 11.3. The van der Waals surface area contributed by atoms with Crippen molar-refractivity contribution in [2.45, 2.75) is 18.6 Å². The number of sulfonamides is 1. The summed E-state index contributed by atoms with van der Waals surface area (Å²) in [6, 6.07) is 10.5. The zero-order valence-electron chi connectivity index (χ0n) is 15.5. The molecule has 8 nitrogen and oxygen atoms in total. The normalized spacial score (nSPS) is 11.3. The van der Waals surface area contributed by atoms with Gasteiger partial charge in [-0.25, -0.2) is 13.1 Å². The minimum absolute atomic E-state index is 0.140. The maximum absolute atomic E-state index is 12.1. The highest BCUT2D eigenvalue weighted by atomic mass is 32.2. The van der Waals surface area contributed by atoms with Crippen molar-refractivity contribution in [3.63, 3.8) is 0 Å². The molecule has 1 amide bonds. The molecule has 0 aliphatic carbocycles. The first-order chi connectivity index (χ1) is 13.9. The number of carbonyl (C=O) groups is 1. The van der Waals surface area contributed by atoms with Crippen LogP contribution in [0.25, 0.3) is 10.7 Å². The van der Waals surface area contributed by atoms with Crippen LogP contribution in [0.1, 0.15) is 17.9 Å². The predicted octanol–water partition coefficient (Wildman–Crippen LogP) is 2.97. The lowest BCUT2D eigenvalue weighted by Gasteiger charge is -2.07. The van der Waals surface area contributed by atoms with Crippen molar-refractivity contribution in [1.29, 1.82) is 0 Å². The van der Waals surface area contributed by atoms with Crippen molar-refractivity contribution in [3.05, 3.63) is 65.9 Å². The number of amides is 1. The number of anilines is 1. The van der Waals surface area contributed by atoms with Crippen LogP contribution in [0.2, 0.25) is 0 Å². The Labute approximate surface area is 172 Å². The van der Waals surface area contributed by atoms with Gasteiger partial charge in [0.15, 0.2) is 0 Å². The molecule has 1 aromatic carbocycles. The van der Waals surface area contributed by atoms with Crippen molar-refractivity contribution in [2.75, 3.05) is 11.9 Å². The van der Waals surface area contributed by atoms with E-state index in [0.29, 0.717) is 29.4 Å². The van der Waals surface area contributed by atoms with Crippen LogP contribution >= 0.6 is 11.3 Å². The molecule has 3 rings (SSSR count). The second kappa shape index (κ2) is 9.59. The van der Waals surface area contributed by atoms with Gasteiger partial charge in [-0.2, -0.15) is 4.98 Å². The van der Waals surface area contributed by atoms with Crippen molar-refractivity contribution < 1.29 is 17.7 Å². The largest absolute Gasteiger partial charge is 0.339 e. The highest BCUT2D eigenvalue weighted by Crippen LogP contribution is 2.21. The quantitative estimate of drug-likeness (QED) is 0.476. The molecule has 152 valence electrons. The maximum Gasteiger partial charge on any atom is 0.227 e. The number of benzene rings is 1. The van der Waals surface area contributed by atoms with Gasteiger partial charge in [0.2, 0.25) is 27.6 Å². The molecule has 0 saturated heterocycles. The van der Waals surface area contributed by atoms with Gasteiger partial charge in [0, 0.05) is 25.1 Å². The fourth-order valence-corrected chi connectivity index (χ4v) is 4.20. The first-order valence-electron chi connectivity index (χ1n) is 8.79. The van der Waals surface area contributed by atoms with Gasteiger partial charge in [0.25, 0.3) is 0 Å². The molecule has 2 aromatic heterocycles. The van der Waals surface area contributed by atoms with Crippen LogP contribution in [-0.4, -0.2) is 31.0 Å². The lowest BCUT2D eigenvalue weighted by molar-refractivity contribution is -0.116. The molecule has 2 heterocycles. The number of thiophene rings is 1. The van der Waals surface area contributed by atoms with E-state index >= 15 is 0 Å². The van der Waals surface area contributed by atoms with Crippen molar-refractivity contribution >= 4 is 33.0 Å². The number of aromatic nitrogens is 2. The van der Waals surface area contributed by atoms with Crippen LogP contribution in [0.15, 0.2) is 59.0 Å². The number of nitrogens with zero attached hydrogens (tertiary/aromatic N) is 2. The summed E-state index contributed by atoms with van der Waals surface area (Å²) in [4.78, 5) is 17.3. The third-order valence-corrected chi connectivity index (χ3v) is 6.00. The Hall–Kier alpha value is -2.82. The van der Waals surface area contributed by atoms with Crippen LogP contribution in [-0.2, 0) is 27.0 Å². The average molecular weight is 433 g/mol. The molecule has 0 saturated carbocycles. The van der Waals surface area contributed by atoms with Crippen molar-refractivity contribution in [2.24, 2.45) is 0 Å². The van der Waals surface area contributed by atoms with E-state index in [4.69, 9.17) is 4.52 Å². The molecule has 2 N–H and O–H groups in total. The van der Waals surface area contributed by atoms with Gasteiger partial charge in [0.1, 0.15) is 0 Å². The van der Waals surface area contributed by atoms with E-state index in [9.17, 15) is 13.2 Å². The summed E-state index contributed by atoms with van der Waals surface area (Å²) in [5.74, 6) is 0.576. The van der Waals surface area contributed by atoms with Gasteiger partial charge in [-0.15, -0.1) is 17.9 Å². The van der Waals surface area contributed by atoms with Gasteiger partial charge in [-0.3, -0.25) is 4.79 Å². The lowest BCUT2D eigenvalue weighted by Crippen LogP contribution is -2.25. The monoisotopic (exact) mass is 432 g/mol. The summed E-state index contributed by atoms with van der Waals surface area (Å²) in [7, 11) is -3.42. The number of hydrogen-bond acceptors (Lipinski definition) is 7. The first kappa shape index (κ1) is 20.9. The second-order valence-corrected chi connectivity index (χ2v) is 8.88. The molecule has 0 spiro atoms. The highest BCUT2D eigenvalue weighted by molar-refractivity contribution is 7.88. The van der Waals surface area contributed by atoms with E-state index in [1.54, 1.807) is 24.3 Å². The average Bonchev–Trinajstić information content (AvgIpc) is 3.38. The third-order valence-electron chi connectivity index (χ3n) is 3.82. The zero-order valence-corrected chi connectivity index (χ0v) is 17.1. The van der Waals surface area contributed by atoms with Gasteiger partial charge in [-0.05, 0) is 29.1 Å². The summed E-state index contributed by atoms with van der Waals surface area (Å²) in [6.07, 6.45) is 2.00. The van der Waals surface area contributed by atoms with Gasteiger partial charge in [0.05, 0.1) is 10.6 Å².